The summed E-state index contributed by atoms with van der Waals surface area (Å²) in [5, 5.41) is 3.70. The quantitative estimate of drug-likeness (QED) is 0.321. The van der Waals surface area contributed by atoms with E-state index in [1.165, 1.54) is 44.1 Å². The van der Waals surface area contributed by atoms with Crippen LogP contribution >= 0.6 is 12.4 Å². The molecule has 0 fully saturated rings. The van der Waals surface area contributed by atoms with Gasteiger partial charge in [0.25, 0.3) is 0 Å². The van der Waals surface area contributed by atoms with Crippen LogP contribution in [0, 0.1) is 5.92 Å². The number of rotatable bonds is 13. The zero-order valence-electron chi connectivity index (χ0n) is 21.7. The molecule has 1 aromatic carbocycles. The van der Waals surface area contributed by atoms with Crippen molar-refractivity contribution in [3.8, 4) is 11.5 Å². The van der Waals surface area contributed by atoms with Crippen LogP contribution in [0.2, 0.25) is 0 Å². The zero-order chi connectivity index (χ0) is 24.6. The number of carbonyl (C=O) groups is 1. The van der Waals surface area contributed by atoms with E-state index in [1.807, 2.05) is 18.2 Å². The van der Waals surface area contributed by atoms with Crippen LogP contribution in [0.5, 0.6) is 11.5 Å². The normalized spacial score (nSPS) is 18.3. The van der Waals surface area contributed by atoms with Crippen molar-refractivity contribution in [2.75, 3.05) is 20.8 Å². The highest BCUT2D eigenvalue weighted by Gasteiger charge is 2.31. The number of ketones is 1. The number of aryl methyl sites for hydroxylation is 1. The molecule has 2 atom stereocenters. The van der Waals surface area contributed by atoms with Crippen molar-refractivity contribution in [2.24, 2.45) is 5.92 Å². The van der Waals surface area contributed by atoms with Crippen LogP contribution in [0.1, 0.15) is 97.4 Å². The molecule has 0 saturated carbocycles. The highest BCUT2D eigenvalue weighted by Crippen LogP contribution is 2.38. The number of pyridine rings is 1. The number of methoxy groups -OCH3 is 2. The summed E-state index contributed by atoms with van der Waals surface area (Å²) in [4.78, 5) is 27.4. The summed E-state index contributed by atoms with van der Waals surface area (Å²) >= 11 is 0. The molecule has 2 N–H and O–H groups in total. The molecule has 2 aliphatic rings. The second kappa shape index (κ2) is 13.8. The first kappa shape index (κ1) is 28.3. The van der Waals surface area contributed by atoms with Gasteiger partial charge < -0.3 is 19.8 Å². The Morgan fingerprint density at radius 1 is 0.944 bits per heavy atom. The second-order valence-corrected chi connectivity index (χ2v) is 10.0. The highest BCUT2D eigenvalue weighted by molar-refractivity contribution is 6.02. The number of halogens is 1. The number of unbranched alkanes of at least 4 members (excludes halogenated alkanes) is 6. The van der Waals surface area contributed by atoms with E-state index in [0.717, 1.165) is 61.9 Å². The summed E-state index contributed by atoms with van der Waals surface area (Å²) in [6.45, 7) is 1.03. The lowest BCUT2D eigenvalue weighted by Gasteiger charge is -2.26. The van der Waals surface area contributed by atoms with Crippen LogP contribution in [0.3, 0.4) is 0 Å². The Bertz CT molecular complexity index is 1070. The maximum atomic E-state index is 12.8. The first-order valence-corrected chi connectivity index (χ1v) is 13.3. The molecule has 1 heterocycles. The number of aromatic amines is 1. The first-order chi connectivity index (χ1) is 17.1. The van der Waals surface area contributed by atoms with E-state index in [2.05, 4.69) is 10.3 Å². The number of carbonyl (C=O) groups excluding carboxylic acids is 1. The predicted molar refractivity (Wildman–Crippen MR) is 146 cm³/mol. The van der Waals surface area contributed by atoms with Gasteiger partial charge in [0.15, 0.2) is 17.3 Å². The molecule has 36 heavy (non-hydrogen) atoms. The monoisotopic (exact) mass is 516 g/mol. The number of benzene rings is 1. The van der Waals surface area contributed by atoms with Crippen LogP contribution < -0.4 is 20.3 Å². The zero-order valence-corrected chi connectivity index (χ0v) is 22.5. The fourth-order valence-electron chi connectivity index (χ4n) is 5.72. The molecule has 0 aliphatic heterocycles. The van der Waals surface area contributed by atoms with Crippen molar-refractivity contribution in [1.29, 1.82) is 0 Å². The maximum Gasteiger partial charge on any atom is 0.248 e. The largest absolute Gasteiger partial charge is 0.493 e. The van der Waals surface area contributed by atoms with Gasteiger partial charge in [-0.15, -0.1) is 12.4 Å². The van der Waals surface area contributed by atoms with Gasteiger partial charge in [0.05, 0.1) is 14.2 Å². The SMILES string of the molecule is COc1cc2c(cc1OC)C(=O)C(CCCCCCCCCN[C@H]1CCCc3[nH]c(=O)ccc31)C2.Cl. The number of aromatic nitrogens is 1. The molecule has 198 valence electrons. The third-order valence-corrected chi connectivity index (χ3v) is 7.66. The van der Waals surface area contributed by atoms with Gasteiger partial charge in [0, 0.05) is 29.3 Å². The smallest absolute Gasteiger partial charge is 0.248 e. The number of hydrogen-bond donors (Lipinski definition) is 2. The topological polar surface area (TPSA) is 80.4 Å². The Kier molecular flexibility index (Phi) is 10.9. The van der Waals surface area contributed by atoms with Gasteiger partial charge in [0.1, 0.15) is 0 Å². The van der Waals surface area contributed by atoms with Gasteiger partial charge in [-0.25, -0.2) is 0 Å². The first-order valence-electron chi connectivity index (χ1n) is 13.3. The van der Waals surface area contributed by atoms with E-state index in [1.54, 1.807) is 20.3 Å². The standard InChI is InChI=1S/C29H40N2O4.ClH/c1-34-26-18-21-17-20(29(33)23(21)19-27(26)35-2)11-8-6-4-3-5-7-9-16-30-24-12-10-13-25-22(24)14-15-28(32)31-25;/h14-15,18-20,24,30H,3-13,16-17H2,1-2H3,(H,31,32);1H/t20?,24-;/m0./s1. The fourth-order valence-corrected chi connectivity index (χ4v) is 5.72. The van der Waals surface area contributed by atoms with E-state index in [9.17, 15) is 9.59 Å². The minimum Gasteiger partial charge on any atom is -0.493 e. The molecule has 1 unspecified atom stereocenters. The minimum absolute atomic E-state index is 0. The summed E-state index contributed by atoms with van der Waals surface area (Å²) in [5.41, 5.74) is 4.30. The van der Waals surface area contributed by atoms with E-state index in [4.69, 9.17) is 9.47 Å². The average molecular weight is 517 g/mol. The Morgan fingerprint density at radius 2 is 1.64 bits per heavy atom. The minimum atomic E-state index is 0. The summed E-state index contributed by atoms with van der Waals surface area (Å²) in [6.07, 6.45) is 13.6. The van der Waals surface area contributed by atoms with E-state index < -0.39 is 0 Å². The van der Waals surface area contributed by atoms with Gasteiger partial charge in [-0.2, -0.15) is 0 Å². The third kappa shape index (κ3) is 6.92. The molecular weight excluding hydrogens is 476 g/mol. The number of H-pyrrole nitrogens is 1. The Labute approximate surface area is 221 Å². The summed E-state index contributed by atoms with van der Waals surface area (Å²) in [7, 11) is 3.24. The number of hydrogen-bond acceptors (Lipinski definition) is 5. The van der Waals surface area contributed by atoms with Crippen molar-refractivity contribution in [2.45, 2.75) is 83.1 Å². The molecule has 0 spiro atoms. The van der Waals surface area contributed by atoms with E-state index in [-0.39, 0.29) is 29.7 Å². The van der Waals surface area contributed by atoms with Crippen molar-refractivity contribution < 1.29 is 14.3 Å². The Morgan fingerprint density at radius 3 is 2.39 bits per heavy atom. The number of ether oxygens (including phenoxy) is 2. The lowest BCUT2D eigenvalue weighted by molar-refractivity contribution is 0.0928. The molecule has 4 rings (SSSR count). The Hall–Kier alpha value is -2.31. The van der Waals surface area contributed by atoms with Gasteiger partial charge >= 0.3 is 0 Å². The van der Waals surface area contributed by atoms with Crippen molar-refractivity contribution in [1.82, 2.24) is 10.3 Å². The maximum absolute atomic E-state index is 12.8. The predicted octanol–water partition coefficient (Wildman–Crippen LogP) is 5.96. The van der Waals surface area contributed by atoms with Gasteiger partial charge in [-0.3, -0.25) is 9.59 Å². The van der Waals surface area contributed by atoms with Gasteiger partial charge in [-0.1, -0.05) is 44.6 Å². The van der Waals surface area contributed by atoms with Crippen molar-refractivity contribution in [3.05, 3.63) is 57.0 Å². The molecule has 0 radical (unpaired) electrons. The molecule has 7 heteroatoms. The summed E-state index contributed by atoms with van der Waals surface area (Å²) < 4.78 is 10.8. The van der Waals surface area contributed by atoms with Crippen molar-refractivity contribution >= 4 is 18.2 Å². The molecule has 1 aromatic heterocycles. The Balaban J connectivity index is 0.00000361. The summed E-state index contributed by atoms with van der Waals surface area (Å²) in [5.74, 6) is 1.71. The molecule has 0 saturated heterocycles. The van der Waals surface area contributed by atoms with E-state index >= 15 is 0 Å². The van der Waals surface area contributed by atoms with Crippen LogP contribution in [-0.4, -0.2) is 31.5 Å². The number of nitrogens with one attached hydrogen (secondary N) is 2. The molecule has 6 nitrogen and oxygen atoms in total. The van der Waals surface area contributed by atoms with Crippen LogP contribution in [-0.2, 0) is 12.8 Å². The highest BCUT2D eigenvalue weighted by atomic mass is 35.5. The lowest BCUT2D eigenvalue weighted by Crippen LogP contribution is -2.28. The van der Waals surface area contributed by atoms with Crippen molar-refractivity contribution in [3.63, 3.8) is 0 Å². The van der Waals surface area contributed by atoms with Crippen LogP contribution in [0.4, 0.5) is 0 Å². The van der Waals surface area contributed by atoms with Gasteiger partial charge in [-0.05, 0) is 68.3 Å². The van der Waals surface area contributed by atoms with Crippen LogP contribution in [0.25, 0.3) is 0 Å². The molecular formula is C29H41ClN2O4. The lowest BCUT2D eigenvalue weighted by atomic mass is 9.91. The number of Topliss-reactive ketones (excluding diaryl/α,β-unsaturated/α-hetero) is 1. The van der Waals surface area contributed by atoms with Crippen LogP contribution in [0.15, 0.2) is 29.1 Å². The van der Waals surface area contributed by atoms with Gasteiger partial charge in [0.2, 0.25) is 5.56 Å². The molecule has 0 bridgehead atoms. The molecule has 2 aliphatic carbocycles. The summed E-state index contributed by atoms with van der Waals surface area (Å²) in [6, 6.07) is 7.83. The average Bonchev–Trinajstić information content (AvgIpc) is 3.18. The van der Waals surface area contributed by atoms with E-state index in [0.29, 0.717) is 17.5 Å². The molecule has 2 aromatic rings. The number of fused-ring (bicyclic) bond motifs is 2. The molecule has 0 amide bonds. The fraction of sp³-hybridized carbons (Fsp3) is 0.586. The third-order valence-electron chi connectivity index (χ3n) is 7.66. The second-order valence-electron chi connectivity index (χ2n) is 10.0.